The second-order valence-electron chi connectivity index (χ2n) is 2.63. The third-order valence-corrected chi connectivity index (χ3v) is 1.93. The summed E-state index contributed by atoms with van der Waals surface area (Å²) >= 11 is 5.22. The predicted molar refractivity (Wildman–Crippen MR) is 50.7 cm³/mol. The fourth-order valence-corrected chi connectivity index (χ4v) is 1.20. The van der Waals surface area contributed by atoms with Crippen molar-refractivity contribution in [3.8, 4) is 5.75 Å². The average Bonchev–Trinajstić information content (AvgIpc) is 2.59. The van der Waals surface area contributed by atoms with Gasteiger partial charge in [0, 0.05) is 6.07 Å². The molecule has 0 unspecified atom stereocenters. The zero-order valence-corrected chi connectivity index (χ0v) is 8.04. The second-order valence-corrected chi connectivity index (χ2v) is 2.97. The molecule has 1 heterocycles. The molecule has 0 saturated carbocycles. The van der Waals surface area contributed by atoms with Crippen LogP contribution in [0.2, 0.25) is 0 Å². The van der Waals surface area contributed by atoms with Crippen LogP contribution in [0.25, 0.3) is 11.1 Å². The maximum Gasteiger partial charge on any atom is 0.307 e. The number of carbonyl (C=O) groups is 1. The van der Waals surface area contributed by atoms with Gasteiger partial charge in [-0.3, -0.25) is 4.79 Å². The zero-order valence-electron chi connectivity index (χ0n) is 7.28. The van der Waals surface area contributed by atoms with E-state index in [0.717, 1.165) is 0 Å². The molecule has 0 saturated heterocycles. The summed E-state index contributed by atoms with van der Waals surface area (Å²) in [7, 11) is 1.55. The first-order chi connectivity index (χ1) is 6.70. The van der Waals surface area contributed by atoms with Crippen molar-refractivity contribution in [2.45, 2.75) is 0 Å². The van der Waals surface area contributed by atoms with Crippen LogP contribution in [0.5, 0.6) is 5.75 Å². The SMILES string of the molecule is COc1ccc2nc(C(=O)Cl)oc2c1. The number of rotatable bonds is 2. The molecular weight excluding hydrogens is 206 g/mol. The highest BCUT2D eigenvalue weighted by atomic mass is 35.5. The smallest absolute Gasteiger partial charge is 0.307 e. The maximum atomic E-state index is 10.7. The predicted octanol–water partition coefficient (Wildman–Crippen LogP) is 2.22. The van der Waals surface area contributed by atoms with Crippen molar-refractivity contribution in [2.24, 2.45) is 0 Å². The number of nitrogens with zero attached hydrogens (tertiary/aromatic N) is 1. The van der Waals surface area contributed by atoms with Gasteiger partial charge in [0.2, 0.25) is 0 Å². The first kappa shape index (κ1) is 9.02. The van der Waals surface area contributed by atoms with E-state index in [1.165, 1.54) is 0 Å². The van der Waals surface area contributed by atoms with E-state index in [1.54, 1.807) is 25.3 Å². The zero-order chi connectivity index (χ0) is 10.1. The number of carbonyl (C=O) groups excluding carboxylic acids is 1. The molecule has 0 aliphatic heterocycles. The first-order valence-electron chi connectivity index (χ1n) is 3.85. The van der Waals surface area contributed by atoms with Crippen LogP contribution in [0.3, 0.4) is 0 Å². The summed E-state index contributed by atoms with van der Waals surface area (Å²) in [5.41, 5.74) is 1.06. The van der Waals surface area contributed by atoms with E-state index in [1.807, 2.05) is 0 Å². The minimum absolute atomic E-state index is 0.102. The molecule has 0 aliphatic rings. The van der Waals surface area contributed by atoms with E-state index in [-0.39, 0.29) is 5.89 Å². The molecule has 72 valence electrons. The second kappa shape index (κ2) is 3.31. The van der Waals surface area contributed by atoms with Gasteiger partial charge in [0.05, 0.1) is 7.11 Å². The number of hydrogen-bond acceptors (Lipinski definition) is 4. The Kier molecular flexibility index (Phi) is 2.13. The van der Waals surface area contributed by atoms with Crippen LogP contribution < -0.4 is 4.74 Å². The summed E-state index contributed by atoms with van der Waals surface area (Å²) < 4.78 is 10.1. The van der Waals surface area contributed by atoms with Gasteiger partial charge in [-0.05, 0) is 23.7 Å². The highest BCUT2D eigenvalue weighted by Gasteiger charge is 2.11. The summed E-state index contributed by atoms with van der Waals surface area (Å²) in [6.45, 7) is 0. The fraction of sp³-hybridized carbons (Fsp3) is 0.111. The van der Waals surface area contributed by atoms with E-state index in [0.29, 0.717) is 16.8 Å². The average molecular weight is 212 g/mol. The minimum atomic E-state index is -0.708. The molecule has 0 bridgehead atoms. The molecule has 2 rings (SSSR count). The molecule has 0 fully saturated rings. The van der Waals surface area contributed by atoms with Crippen molar-refractivity contribution in [2.75, 3.05) is 7.11 Å². The van der Waals surface area contributed by atoms with Crippen LogP contribution in [-0.2, 0) is 0 Å². The molecule has 2 aromatic rings. The number of methoxy groups -OCH3 is 1. The van der Waals surface area contributed by atoms with E-state index < -0.39 is 5.24 Å². The summed E-state index contributed by atoms with van der Waals surface area (Å²) in [4.78, 5) is 14.6. The van der Waals surface area contributed by atoms with Crippen LogP contribution in [0.1, 0.15) is 10.7 Å². The highest BCUT2D eigenvalue weighted by molar-refractivity contribution is 6.67. The first-order valence-corrected chi connectivity index (χ1v) is 4.23. The molecule has 4 nitrogen and oxygen atoms in total. The number of halogens is 1. The van der Waals surface area contributed by atoms with Gasteiger partial charge in [0.25, 0.3) is 5.89 Å². The topological polar surface area (TPSA) is 52.3 Å². The van der Waals surface area contributed by atoms with E-state index in [9.17, 15) is 4.79 Å². The molecule has 0 aliphatic carbocycles. The number of aromatic nitrogens is 1. The van der Waals surface area contributed by atoms with Crippen molar-refractivity contribution in [1.82, 2.24) is 4.98 Å². The van der Waals surface area contributed by atoms with E-state index in [4.69, 9.17) is 20.8 Å². The van der Waals surface area contributed by atoms with Gasteiger partial charge in [-0.2, -0.15) is 0 Å². The van der Waals surface area contributed by atoms with Gasteiger partial charge >= 0.3 is 5.24 Å². The summed E-state index contributed by atoms with van der Waals surface area (Å²) in [5, 5.41) is -0.708. The van der Waals surface area contributed by atoms with Crippen LogP contribution >= 0.6 is 11.6 Å². The monoisotopic (exact) mass is 211 g/mol. The summed E-state index contributed by atoms with van der Waals surface area (Å²) in [5.74, 6) is 0.539. The van der Waals surface area contributed by atoms with Gasteiger partial charge in [0.1, 0.15) is 11.3 Å². The number of ether oxygens (including phenoxy) is 1. The lowest BCUT2D eigenvalue weighted by Gasteiger charge is -1.95. The van der Waals surface area contributed by atoms with Crippen molar-refractivity contribution in [1.29, 1.82) is 0 Å². The van der Waals surface area contributed by atoms with Crippen molar-refractivity contribution in [3.63, 3.8) is 0 Å². The van der Waals surface area contributed by atoms with Crippen LogP contribution in [-0.4, -0.2) is 17.3 Å². The van der Waals surface area contributed by atoms with Crippen LogP contribution in [0.15, 0.2) is 22.6 Å². The Balaban J connectivity index is 2.60. The largest absolute Gasteiger partial charge is 0.497 e. The van der Waals surface area contributed by atoms with Crippen molar-refractivity contribution >= 4 is 27.9 Å². The normalized spacial score (nSPS) is 10.4. The lowest BCUT2D eigenvalue weighted by molar-refractivity contribution is 0.105. The quantitative estimate of drug-likeness (QED) is 0.715. The Hall–Kier alpha value is -1.55. The van der Waals surface area contributed by atoms with Gasteiger partial charge in [-0.15, -0.1) is 0 Å². The standard InChI is InChI=1S/C9H6ClNO3/c1-13-5-2-3-6-7(4-5)14-9(11-6)8(10)12/h2-4H,1H3. The third kappa shape index (κ3) is 1.44. The summed E-state index contributed by atoms with van der Waals surface area (Å²) in [6.07, 6.45) is 0. The Morgan fingerprint density at radius 2 is 2.36 bits per heavy atom. The van der Waals surface area contributed by atoms with Gasteiger partial charge in [0.15, 0.2) is 5.58 Å². The number of hydrogen-bond donors (Lipinski definition) is 0. The molecule has 5 heteroatoms. The Labute approximate surface area is 84.4 Å². The third-order valence-electron chi connectivity index (χ3n) is 1.76. The maximum absolute atomic E-state index is 10.7. The highest BCUT2D eigenvalue weighted by Crippen LogP contribution is 2.21. The lowest BCUT2D eigenvalue weighted by Crippen LogP contribution is -1.85. The molecule has 0 spiro atoms. The molecule has 0 N–H and O–H groups in total. The number of oxazole rings is 1. The molecular formula is C9H6ClNO3. The van der Waals surface area contributed by atoms with Crippen molar-refractivity contribution in [3.05, 3.63) is 24.1 Å². The number of benzene rings is 1. The van der Waals surface area contributed by atoms with Gasteiger partial charge in [-0.25, -0.2) is 4.98 Å². The van der Waals surface area contributed by atoms with E-state index in [2.05, 4.69) is 4.98 Å². The Morgan fingerprint density at radius 3 is 3.00 bits per heavy atom. The van der Waals surface area contributed by atoms with E-state index >= 15 is 0 Å². The number of fused-ring (bicyclic) bond motifs is 1. The lowest BCUT2D eigenvalue weighted by atomic mass is 10.3. The molecule has 0 atom stereocenters. The molecule has 1 aromatic heterocycles. The minimum Gasteiger partial charge on any atom is -0.497 e. The van der Waals surface area contributed by atoms with Gasteiger partial charge < -0.3 is 9.15 Å². The van der Waals surface area contributed by atoms with Crippen LogP contribution in [0.4, 0.5) is 0 Å². The van der Waals surface area contributed by atoms with Gasteiger partial charge in [-0.1, -0.05) is 0 Å². The fourth-order valence-electron chi connectivity index (χ4n) is 1.12. The Morgan fingerprint density at radius 1 is 1.57 bits per heavy atom. The molecule has 0 amide bonds. The van der Waals surface area contributed by atoms with Crippen LogP contribution in [0, 0.1) is 0 Å². The van der Waals surface area contributed by atoms with Crippen molar-refractivity contribution < 1.29 is 13.9 Å². The molecule has 14 heavy (non-hydrogen) atoms. The summed E-state index contributed by atoms with van der Waals surface area (Å²) in [6, 6.07) is 5.07. The molecule has 0 radical (unpaired) electrons. The Bertz CT molecular complexity index is 492. The molecule has 1 aromatic carbocycles.